The van der Waals surface area contributed by atoms with Gasteiger partial charge >= 0.3 is 16.4 Å². The number of carboxylic acids is 1. The van der Waals surface area contributed by atoms with Crippen LogP contribution in [0.3, 0.4) is 0 Å². The van der Waals surface area contributed by atoms with E-state index in [1.165, 1.54) is 5.57 Å². The van der Waals surface area contributed by atoms with Crippen LogP contribution in [-0.2, 0) is 19.4 Å². The lowest BCUT2D eigenvalue weighted by atomic mass is 9.32. The van der Waals surface area contributed by atoms with E-state index in [1.807, 2.05) is 0 Å². The van der Waals surface area contributed by atoms with Gasteiger partial charge < -0.3 is 5.11 Å². The van der Waals surface area contributed by atoms with E-state index in [9.17, 15) is 22.9 Å². The average molecular weight is 551 g/mol. The van der Waals surface area contributed by atoms with E-state index >= 15 is 0 Å². The van der Waals surface area contributed by atoms with Crippen molar-refractivity contribution < 1.29 is 27.1 Å². The van der Waals surface area contributed by atoms with Crippen LogP contribution in [-0.4, -0.2) is 30.2 Å². The van der Waals surface area contributed by atoms with Crippen LogP contribution in [0.4, 0.5) is 0 Å². The summed E-state index contributed by atoms with van der Waals surface area (Å²) in [6.45, 7) is 18.3. The number of carboxylic acid groups (broad SMARTS) is 1. The third-order valence-electron chi connectivity index (χ3n) is 14.0. The van der Waals surface area contributed by atoms with Crippen molar-refractivity contribution >= 4 is 16.4 Å². The molecule has 7 heteroatoms. The fourth-order valence-corrected chi connectivity index (χ4v) is 12.6. The molecule has 0 aromatic heterocycles. The lowest BCUT2D eigenvalue weighted by Gasteiger charge is -2.72. The van der Waals surface area contributed by atoms with Gasteiger partial charge in [-0.1, -0.05) is 53.7 Å². The summed E-state index contributed by atoms with van der Waals surface area (Å²) in [6, 6.07) is 0. The van der Waals surface area contributed by atoms with E-state index < -0.39 is 27.9 Å². The predicted molar refractivity (Wildman–Crippen MR) is 148 cm³/mol. The van der Waals surface area contributed by atoms with Crippen molar-refractivity contribution in [2.24, 2.45) is 56.7 Å². The number of aliphatic carboxylic acids is 1. The summed E-state index contributed by atoms with van der Waals surface area (Å²) in [5, 5.41) is 10.6. The second kappa shape index (κ2) is 8.79. The molecule has 0 saturated heterocycles. The lowest BCUT2D eigenvalue weighted by Crippen LogP contribution is -2.67. The first-order chi connectivity index (χ1) is 17.5. The molecule has 0 aromatic carbocycles. The minimum absolute atomic E-state index is 0.0486. The first kappa shape index (κ1) is 28.6. The van der Waals surface area contributed by atoms with Gasteiger partial charge in [0, 0.05) is 0 Å². The fraction of sp³-hybridized carbons (Fsp3) is 0.903. The summed E-state index contributed by atoms with van der Waals surface area (Å²) in [5.41, 5.74) is 0.471. The second-order valence-corrected chi connectivity index (χ2v) is 16.2. The van der Waals surface area contributed by atoms with E-state index in [0.29, 0.717) is 30.1 Å². The molecule has 0 radical (unpaired) electrons. The maximum atomic E-state index is 12.9. The third kappa shape index (κ3) is 3.69. The molecule has 5 fully saturated rings. The molecule has 0 unspecified atom stereocenters. The molecule has 216 valence electrons. The van der Waals surface area contributed by atoms with Crippen LogP contribution in [0.1, 0.15) is 112 Å². The Kier molecular flexibility index (Phi) is 6.61. The van der Waals surface area contributed by atoms with E-state index in [0.717, 1.165) is 64.2 Å². The van der Waals surface area contributed by atoms with Gasteiger partial charge in [0.1, 0.15) is 0 Å². The third-order valence-corrected chi connectivity index (χ3v) is 14.5. The zero-order valence-electron chi connectivity index (χ0n) is 24.4. The summed E-state index contributed by atoms with van der Waals surface area (Å²) in [7, 11) is -4.50. The van der Waals surface area contributed by atoms with Crippen molar-refractivity contribution in [2.75, 3.05) is 0 Å². The van der Waals surface area contributed by atoms with Gasteiger partial charge in [-0.15, -0.1) is 0 Å². The highest BCUT2D eigenvalue weighted by Crippen LogP contribution is 2.77. The molecule has 6 nitrogen and oxygen atoms in total. The van der Waals surface area contributed by atoms with Crippen LogP contribution in [0.15, 0.2) is 12.2 Å². The summed E-state index contributed by atoms with van der Waals surface area (Å²) in [5.74, 6) is 1.07. The number of allylic oxidation sites excluding steroid dienone is 1. The number of carbonyl (C=O) groups is 1. The van der Waals surface area contributed by atoms with Crippen molar-refractivity contribution in [2.45, 2.75) is 118 Å². The fourth-order valence-electron chi connectivity index (χ4n) is 12.0. The zero-order chi connectivity index (χ0) is 28.1. The molecule has 0 spiro atoms. The van der Waals surface area contributed by atoms with Gasteiger partial charge in [-0.05, 0) is 122 Å². The van der Waals surface area contributed by atoms with Gasteiger partial charge in [0.15, 0.2) is 0 Å². The van der Waals surface area contributed by atoms with Gasteiger partial charge in [-0.3, -0.25) is 9.35 Å². The molecule has 0 aliphatic heterocycles. The molecule has 5 aliphatic rings. The number of rotatable bonds is 5. The Morgan fingerprint density at radius 2 is 1.58 bits per heavy atom. The maximum Gasteiger partial charge on any atom is 0.397 e. The Morgan fingerprint density at radius 3 is 2.18 bits per heavy atom. The maximum absolute atomic E-state index is 12.9. The lowest BCUT2D eigenvalue weighted by molar-refractivity contribution is -0.246. The van der Waals surface area contributed by atoms with Crippen LogP contribution in [0.2, 0.25) is 0 Å². The Hall–Kier alpha value is -0.920. The van der Waals surface area contributed by atoms with Gasteiger partial charge in [-0.25, -0.2) is 4.18 Å². The Bertz CT molecular complexity index is 1110. The van der Waals surface area contributed by atoms with Crippen LogP contribution >= 0.6 is 0 Å². The summed E-state index contributed by atoms with van der Waals surface area (Å²) in [6.07, 6.45) is 9.63. The van der Waals surface area contributed by atoms with Crippen LogP contribution in [0, 0.1) is 56.7 Å². The van der Waals surface area contributed by atoms with Crippen LogP contribution in [0.5, 0.6) is 0 Å². The first-order valence-electron chi connectivity index (χ1n) is 15.0. The van der Waals surface area contributed by atoms with E-state index in [2.05, 4.69) is 48.1 Å². The van der Waals surface area contributed by atoms with Crippen LogP contribution in [0.25, 0.3) is 0 Å². The number of hydrogen-bond acceptors (Lipinski definition) is 4. The normalized spacial score (nSPS) is 49.8. The molecular weight excluding hydrogens is 500 g/mol. The highest BCUT2D eigenvalue weighted by Gasteiger charge is 2.72. The molecule has 0 amide bonds. The van der Waals surface area contributed by atoms with Crippen molar-refractivity contribution in [3.8, 4) is 0 Å². The molecule has 5 aliphatic carbocycles. The number of hydrogen-bond donors (Lipinski definition) is 2. The van der Waals surface area contributed by atoms with Gasteiger partial charge in [-0.2, -0.15) is 8.42 Å². The topological polar surface area (TPSA) is 101 Å². The smallest absolute Gasteiger partial charge is 0.397 e. The first-order valence-corrected chi connectivity index (χ1v) is 16.4. The van der Waals surface area contributed by atoms with Crippen molar-refractivity contribution in [3.05, 3.63) is 12.2 Å². The molecule has 38 heavy (non-hydrogen) atoms. The van der Waals surface area contributed by atoms with E-state index in [-0.39, 0.29) is 27.6 Å². The SMILES string of the molecule is C=C(CC)[C@@H]1CC[C@]2(C(=O)O)CC[C@]3(C)[C@H](CC[C@@H]4[C@@]5(C)CC[C@@H](OS(=O)(=O)O)C(C)(C)[C@@H]5CC[C@]43C)[C@@H]12. The van der Waals surface area contributed by atoms with Gasteiger partial charge in [0.05, 0.1) is 11.5 Å². The minimum Gasteiger partial charge on any atom is -0.481 e. The summed E-state index contributed by atoms with van der Waals surface area (Å²) < 4.78 is 38.0. The van der Waals surface area contributed by atoms with Gasteiger partial charge in [0.2, 0.25) is 0 Å². The Balaban J connectivity index is 1.52. The zero-order valence-corrected chi connectivity index (χ0v) is 25.2. The Morgan fingerprint density at radius 1 is 0.895 bits per heavy atom. The largest absolute Gasteiger partial charge is 0.481 e. The molecule has 0 aromatic rings. The van der Waals surface area contributed by atoms with E-state index in [4.69, 9.17) is 4.18 Å². The van der Waals surface area contributed by atoms with Crippen molar-refractivity contribution in [3.63, 3.8) is 0 Å². The summed E-state index contributed by atoms with van der Waals surface area (Å²) in [4.78, 5) is 12.9. The molecule has 0 heterocycles. The predicted octanol–water partition coefficient (Wildman–Crippen LogP) is 7.31. The van der Waals surface area contributed by atoms with Gasteiger partial charge in [0.25, 0.3) is 0 Å². The van der Waals surface area contributed by atoms with Crippen molar-refractivity contribution in [1.82, 2.24) is 0 Å². The standard InChI is InChI=1S/C31H50O6S/c1-8-19(2)20-11-16-31(26(32)33)18-17-29(6)21(25(20)31)9-10-23-28(5)14-13-24(37-38(34,35)36)27(3,4)22(28)12-15-30(23,29)7/h20-25H,2,8-18H2,1,3-7H3,(H,32,33)(H,34,35,36)/t20-,21+,22-,23+,24+,25+,28-,29+,30+,31-/m0/s1. The average Bonchev–Trinajstić information content (AvgIpc) is 3.21. The Labute approximate surface area is 230 Å². The second-order valence-electron chi connectivity index (χ2n) is 15.2. The van der Waals surface area contributed by atoms with Crippen LogP contribution < -0.4 is 0 Å². The van der Waals surface area contributed by atoms with Crippen molar-refractivity contribution in [1.29, 1.82) is 0 Å². The van der Waals surface area contributed by atoms with E-state index in [1.54, 1.807) is 0 Å². The quantitative estimate of drug-likeness (QED) is 0.275. The molecule has 5 rings (SSSR count). The summed E-state index contributed by atoms with van der Waals surface area (Å²) >= 11 is 0. The highest BCUT2D eigenvalue weighted by molar-refractivity contribution is 7.80. The number of fused-ring (bicyclic) bond motifs is 7. The molecular formula is C31H50O6S. The highest BCUT2D eigenvalue weighted by atomic mass is 32.3. The molecule has 0 bridgehead atoms. The molecule has 5 saturated carbocycles. The monoisotopic (exact) mass is 550 g/mol. The molecule has 2 N–H and O–H groups in total. The minimum atomic E-state index is -4.50. The molecule has 10 atom stereocenters.